The molecule has 2 fully saturated rings. The Morgan fingerprint density at radius 3 is 2.31 bits per heavy atom. The predicted molar refractivity (Wildman–Crippen MR) is 151 cm³/mol. The fraction of sp³-hybridized carbons (Fsp3) is 0.645. The third-order valence-corrected chi connectivity index (χ3v) is 8.30. The lowest BCUT2D eigenvalue weighted by atomic mass is 9.91. The molecule has 2 aromatic rings. The number of halogens is 1. The highest BCUT2D eigenvalue weighted by molar-refractivity contribution is 5.90. The van der Waals surface area contributed by atoms with E-state index < -0.39 is 6.04 Å². The van der Waals surface area contributed by atoms with Gasteiger partial charge in [0.05, 0.1) is 6.04 Å². The van der Waals surface area contributed by atoms with Gasteiger partial charge in [-0.15, -0.1) is 0 Å². The molecular weight excluding hydrogens is 493 g/mol. The molecule has 214 valence electrons. The molecule has 0 N–H and O–H groups in total. The first-order chi connectivity index (χ1) is 18.6. The minimum Gasteiger partial charge on any atom is -0.341 e. The van der Waals surface area contributed by atoms with E-state index in [1.165, 1.54) is 12.1 Å². The van der Waals surface area contributed by atoms with E-state index in [1.54, 1.807) is 12.1 Å². The molecule has 1 aromatic heterocycles. The number of piperazine rings is 1. The lowest BCUT2D eigenvalue weighted by molar-refractivity contribution is -0.155. The number of rotatable bonds is 10. The van der Waals surface area contributed by atoms with Crippen molar-refractivity contribution < 1.29 is 14.0 Å². The summed E-state index contributed by atoms with van der Waals surface area (Å²) >= 11 is 0. The Morgan fingerprint density at radius 1 is 1.03 bits per heavy atom. The van der Waals surface area contributed by atoms with Crippen LogP contribution in [0.4, 0.5) is 4.39 Å². The van der Waals surface area contributed by atoms with Crippen molar-refractivity contribution in [1.29, 1.82) is 0 Å². The normalized spacial score (nSPS) is 20.3. The Labute approximate surface area is 233 Å². The fourth-order valence-electron chi connectivity index (χ4n) is 6.10. The van der Waals surface area contributed by atoms with Gasteiger partial charge in [-0.05, 0) is 61.1 Å². The topological polar surface area (TPSA) is 61.7 Å². The van der Waals surface area contributed by atoms with Gasteiger partial charge in [0, 0.05) is 58.6 Å². The van der Waals surface area contributed by atoms with E-state index in [1.807, 2.05) is 29.2 Å². The molecule has 0 spiro atoms. The van der Waals surface area contributed by atoms with Crippen LogP contribution in [0.15, 0.2) is 36.7 Å². The van der Waals surface area contributed by atoms with E-state index in [-0.39, 0.29) is 23.7 Å². The quantitative estimate of drug-likeness (QED) is 0.446. The Bertz CT molecular complexity index is 1090. The van der Waals surface area contributed by atoms with Crippen LogP contribution in [0.1, 0.15) is 64.8 Å². The third-order valence-electron chi connectivity index (χ3n) is 8.30. The molecule has 2 atom stereocenters. The van der Waals surface area contributed by atoms with Crippen LogP contribution in [-0.2, 0) is 29.6 Å². The zero-order valence-corrected chi connectivity index (χ0v) is 24.4. The van der Waals surface area contributed by atoms with Gasteiger partial charge < -0.3 is 14.4 Å². The number of amides is 2. The first-order valence-corrected chi connectivity index (χ1v) is 14.7. The highest BCUT2D eigenvalue weighted by Crippen LogP contribution is 2.27. The van der Waals surface area contributed by atoms with Crippen LogP contribution in [0.3, 0.4) is 0 Å². The second-order valence-electron chi connectivity index (χ2n) is 12.3. The molecule has 0 aliphatic carbocycles. The highest BCUT2D eigenvalue weighted by Gasteiger charge is 2.42. The maximum Gasteiger partial charge on any atom is 0.245 e. The number of hydrogen-bond donors (Lipinski definition) is 0. The summed E-state index contributed by atoms with van der Waals surface area (Å²) in [5, 5.41) is 0. The summed E-state index contributed by atoms with van der Waals surface area (Å²) in [5.41, 5.74) is 0.995. The van der Waals surface area contributed by atoms with Crippen molar-refractivity contribution >= 4 is 11.8 Å². The second kappa shape index (κ2) is 13.1. The standard InChI is InChI=1S/C31H46FN5O2/c1-22(2)18-27-31(39)37(17-16-36(27)21-25-6-8-26(32)9-7-25)28(19-23(3)4)30(38)35-13-10-24(11-14-35)20-29-33-12-15-34(29)5/h6-9,12,15,22-24,27-28H,10-11,13-14,16-21H2,1-5H3/t27-,28-/m0/s1. The van der Waals surface area contributed by atoms with Gasteiger partial charge in [0.25, 0.3) is 0 Å². The largest absolute Gasteiger partial charge is 0.341 e. The summed E-state index contributed by atoms with van der Waals surface area (Å²) < 4.78 is 15.5. The van der Waals surface area contributed by atoms with Gasteiger partial charge in [-0.2, -0.15) is 0 Å². The predicted octanol–water partition coefficient (Wildman–Crippen LogP) is 4.51. The van der Waals surface area contributed by atoms with Gasteiger partial charge in [0.1, 0.15) is 17.7 Å². The molecule has 0 radical (unpaired) electrons. The number of aromatic nitrogens is 2. The Kier molecular flexibility index (Phi) is 9.81. The summed E-state index contributed by atoms with van der Waals surface area (Å²) in [6, 6.07) is 5.83. The first-order valence-electron chi connectivity index (χ1n) is 14.7. The minimum atomic E-state index is -0.425. The Morgan fingerprint density at radius 2 is 1.72 bits per heavy atom. The molecule has 2 amide bonds. The summed E-state index contributed by atoms with van der Waals surface area (Å²) in [4.78, 5) is 38.6. The average molecular weight is 540 g/mol. The van der Waals surface area contributed by atoms with E-state index in [2.05, 4.69) is 42.1 Å². The zero-order valence-electron chi connectivity index (χ0n) is 24.4. The van der Waals surface area contributed by atoms with Crippen LogP contribution < -0.4 is 0 Å². The highest BCUT2D eigenvalue weighted by atomic mass is 19.1. The molecule has 8 heteroatoms. The molecule has 7 nitrogen and oxygen atoms in total. The summed E-state index contributed by atoms with van der Waals surface area (Å²) in [5.74, 6) is 2.15. The number of hydrogen-bond acceptors (Lipinski definition) is 4. The van der Waals surface area contributed by atoms with E-state index in [4.69, 9.17) is 0 Å². The third kappa shape index (κ3) is 7.47. The van der Waals surface area contributed by atoms with Crippen molar-refractivity contribution in [2.45, 2.75) is 78.4 Å². The Hall–Kier alpha value is -2.74. The number of carbonyl (C=O) groups excluding carboxylic acids is 2. The lowest BCUT2D eigenvalue weighted by Crippen LogP contribution is -2.63. The van der Waals surface area contributed by atoms with Crippen LogP contribution in [0.25, 0.3) is 0 Å². The molecule has 0 bridgehead atoms. The number of aryl methyl sites for hydroxylation is 1. The molecule has 2 aliphatic heterocycles. The fourth-order valence-corrected chi connectivity index (χ4v) is 6.10. The van der Waals surface area contributed by atoms with E-state index >= 15 is 0 Å². The molecule has 2 aliphatic rings. The van der Waals surface area contributed by atoms with Crippen LogP contribution in [0, 0.1) is 23.6 Å². The van der Waals surface area contributed by atoms with E-state index in [9.17, 15) is 14.0 Å². The van der Waals surface area contributed by atoms with Gasteiger partial charge >= 0.3 is 0 Å². The van der Waals surface area contributed by atoms with Gasteiger partial charge in [-0.25, -0.2) is 9.37 Å². The maximum absolute atomic E-state index is 14.0. The lowest BCUT2D eigenvalue weighted by Gasteiger charge is -2.45. The van der Waals surface area contributed by atoms with E-state index in [0.29, 0.717) is 43.8 Å². The molecule has 4 rings (SSSR count). The van der Waals surface area contributed by atoms with Crippen LogP contribution in [-0.4, -0.2) is 74.3 Å². The number of nitrogens with zero attached hydrogens (tertiary/aromatic N) is 5. The average Bonchev–Trinajstić information content (AvgIpc) is 3.30. The second-order valence-corrected chi connectivity index (χ2v) is 12.3. The summed E-state index contributed by atoms with van der Waals surface area (Å²) in [7, 11) is 2.03. The number of carbonyl (C=O) groups is 2. The summed E-state index contributed by atoms with van der Waals surface area (Å²) in [6.07, 6.45) is 8.08. The molecule has 39 heavy (non-hydrogen) atoms. The van der Waals surface area contributed by atoms with Crippen molar-refractivity contribution in [1.82, 2.24) is 24.3 Å². The van der Waals surface area contributed by atoms with Crippen molar-refractivity contribution in [3.63, 3.8) is 0 Å². The number of piperidine rings is 1. The maximum atomic E-state index is 14.0. The summed E-state index contributed by atoms with van der Waals surface area (Å²) in [6.45, 7) is 11.8. The molecule has 1 aromatic carbocycles. The van der Waals surface area contributed by atoms with Crippen molar-refractivity contribution in [3.05, 3.63) is 53.9 Å². The van der Waals surface area contributed by atoms with Crippen LogP contribution in [0.5, 0.6) is 0 Å². The van der Waals surface area contributed by atoms with Crippen LogP contribution in [0.2, 0.25) is 0 Å². The van der Waals surface area contributed by atoms with Gasteiger partial charge in [0.2, 0.25) is 11.8 Å². The van der Waals surface area contributed by atoms with Gasteiger partial charge in [0.15, 0.2) is 0 Å². The van der Waals surface area contributed by atoms with E-state index in [0.717, 1.165) is 50.2 Å². The van der Waals surface area contributed by atoms with Crippen molar-refractivity contribution in [2.24, 2.45) is 24.8 Å². The molecule has 0 saturated carbocycles. The zero-order chi connectivity index (χ0) is 28.1. The number of imidazole rings is 1. The first kappa shape index (κ1) is 29.2. The van der Waals surface area contributed by atoms with Gasteiger partial charge in [-0.1, -0.05) is 39.8 Å². The molecular formula is C31H46FN5O2. The van der Waals surface area contributed by atoms with Crippen LogP contribution >= 0.6 is 0 Å². The SMILES string of the molecule is CC(C)C[C@H]1C(=O)N([C@@H](CC(C)C)C(=O)N2CCC(Cc3nccn3C)CC2)CCN1Cc1ccc(F)cc1. The minimum absolute atomic E-state index is 0.0562. The molecule has 0 unspecified atom stereocenters. The van der Waals surface area contributed by atoms with Crippen molar-refractivity contribution in [2.75, 3.05) is 26.2 Å². The van der Waals surface area contributed by atoms with Gasteiger partial charge in [-0.3, -0.25) is 14.5 Å². The molecule has 3 heterocycles. The number of benzene rings is 1. The van der Waals surface area contributed by atoms with Crippen molar-refractivity contribution in [3.8, 4) is 0 Å². The Balaban J connectivity index is 1.45. The monoisotopic (exact) mass is 539 g/mol. The number of likely N-dealkylation sites (tertiary alicyclic amines) is 1. The smallest absolute Gasteiger partial charge is 0.245 e. The molecule has 2 saturated heterocycles.